The van der Waals surface area contributed by atoms with Gasteiger partial charge in [-0.1, -0.05) is 32.8 Å². The standard InChI is InChI=1S/C16H21N2P/c1-16(2,3)18(13-9-6-5-7-10-13)14-11-8-12-15(17-14)19-4/h5-12,19H,1-4H3. The molecule has 0 aliphatic rings. The van der Waals surface area contributed by atoms with Crippen LogP contribution < -0.4 is 10.3 Å². The summed E-state index contributed by atoms with van der Waals surface area (Å²) in [5.41, 5.74) is 2.32. The zero-order valence-corrected chi connectivity index (χ0v) is 13.0. The molecule has 0 fully saturated rings. The van der Waals surface area contributed by atoms with Crippen molar-refractivity contribution in [2.24, 2.45) is 0 Å². The van der Waals surface area contributed by atoms with Crippen LogP contribution in [-0.4, -0.2) is 17.2 Å². The lowest BCUT2D eigenvalue weighted by molar-refractivity contribution is 0.556. The zero-order valence-electron chi connectivity index (χ0n) is 12.0. The van der Waals surface area contributed by atoms with Crippen LogP contribution in [0.3, 0.4) is 0 Å². The Kier molecular flexibility index (Phi) is 4.21. The van der Waals surface area contributed by atoms with E-state index in [2.05, 4.69) is 74.8 Å². The van der Waals surface area contributed by atoms with Crippen molar-refractivity contribution in [3.63, 3.8) is 0 Å². The van der Waals surface area contributed by atoms with E-state index in [1.807, 2.05) is 6.07 Å². The van der Waals surface area contributed by atoms with Crippen molar-refractivity contribution in [1.82, 2.24) is 4.98 Å². The Labute approximate surface area is 117 Å². The molecule has 1 aromatic heterocycles. The number of anilines is 2. The number of hydrogen-bond acceptors (Lipinski definition) is 2. The van der Waals surface area contributed by atoms with Gasteiger partial charge < -0.3 is 4.90 Å². The first-order valence-corrected chi connectivity index (χ1v) is 8.02. The minimum absolute atomic E-state index is 0.0101. The lowest BCUT2D eigenvalue weighted by atomic mass is 10.0. The van der Waals surface area contributed by atoms with Crippen LogP contribution in [0.5, 0.6) is 0 Å². The number of benzene rings is 1. The van der Waals surface area contributed by atoms with Gasteiger partial charge in [0.25, 0.3) is 0 Å². The molecule has 0 aliphatic carbocycles. The van der Waals surface area contributed by atoms with E-state index in [1.54, 1.807) is 0 Å². The van der Waals surface area contributed by atoms with Gasteiger partial charge in [0, 0.05) is 11.2 Å². The van der Waals surface area contributed by atoms with E-state index < -0.39 is 0 Å². The van der Waals surface area contributed by atoms with Crippen molar-refractivity contribution >= 4 is 25.5 Å². The van der Waals surface area contributed by atoms with Gasteiger partial charge in [0.1, 0.15) is 5.82 Å². The minimum atomic E-state index is -0.0101. The smallest absolute Gasteiger partial charge is 0.134 e. The molecule has 1 unspecified atom stereocenters. The molecule has 0 bridgehead atoms. The van der Waals surface area contributed by atoms with Crippen molar-refractivity contribution in [2.75, 3.05) is 11.6 Å². The van der Waals surface area contributed by atoms with E-state index in [4.69, 9.17) is 4.98 Å². The predicted octanol–water partition coefficient (Wildman–Crippen LogP) is 3.95. The third kappa shape index (κ3) is 3.33. The molecule has 2 aromatic rings. The van der Waals surface area contributed by atoms with E-state index >= 15 is 0 Å². The first-order valence-electron chi connectivity index (χ1n) is 6.52. The maximum atomic E-state index is 4.77. The fraction of sp³-hybridized carbons (Fsp3) is 0.312. The molecule has 0 saturated carbocycles. The Hall–Kier alpha value is -1.40. The summed E-state index contributed by atoms with van der Waals surface area (Å²) in [6.45, 7) is 8.80. The molecule has 2 rings (SSSR count). The maximum absolute atomic E-state index is 4.77. The zero-order chi connectivity index (χ0) is 13.9. The van der Waals surface area contributed by atoms with Gasteiger partial charge in [0.05, 0.1) is 5.44 Å². The SMILES string of the molecule is CPc1cccc(N(c2ccccc2)C(C)(C)C)n1. The second-order valence-corrected chi connectivity index (χ2v) is 6.49. The second kappa shape index (κ2) is 5.71. The summed E-state index contributed by atoms with van der Waals surface area (Å²) >= 11 is 0. The van der Waals surface area contributed by atoms with Crippen molar-refractivity contribution in [3.05, 3.63) is 48.5 Å². The highest BCUT2D eigenvalue weighted by molar-refractivity contribution is 7.45. The highest BCUT2D eigenvalue weighted by Gasteiger charge is 2.24. The molecular formula is C16H21N2P. The molecule has 1 aromatic carbocycles. The predicted molar refractivity (Wildman–Crippen MR) is 86.4 cm³/mol. The molecule has 3 heteroatoms. The van der Waals surface area contributed by atoms with Crippen LogP contribution in [0.4, 0.5) is 11.5 Å². The van der Waals surface area contributed by atoms with Crippen molar-refractivity contribution in [2.45, 2.75) is 26.3 Å². The monoisotopic (exact) mass is 272 g/mol. The third-order valence-electron chi connectivity index (χ3n) is 2.90. The van der Waals surface area contributed by atoms with Crippen molar-refractivity contribution in [1.29, 1.82) is 0 Å². The van der Waals surface area contributed by atoms with E-state index in [1.165, 1.54) is 5.69 Å². The van der Waals surface area contributed by atoms with E-state index in [0.29, 0.717) is 0 Å². The molecule has 0 N–H and O–H groups in total. The van der Waals surface area contributed by atoms with Gasteiger partial charge >= 0.3 is 0 Å². The average Bonchev–Trinajstić information content (AvgIpc) is 2.39. The second-order valence-electron chi connectivity index (χ2n) is 5.47. The van der Waals surface area contributed by atoms with Crippen LogP contribution in [0.25, 0.3) is 0 Å². The lowest BCUT2D eigenvalue weighted by Crippen LogP contribution is -2.38. The highest BCUT2D eigenvalue weighted by atomic mass is 31.1. The largest absolute Gasteiger partial charge is 0.321 e. The fourth-order valence-corrected chi connectivity index (χ4v) is 2.62. The minimum Gasteiger partial charge on any atom is -0.321 e. The highest BCUT2D eigenvalue weighted by Crippen LogP contribution is 2.31. The molecule has 0 spiro atoms. The first-order chi connectivity index (χ1) is 9.02. The van der Waals surface area contributed by atoms with Gasteiger partial charge in [-0.2, -0.15) is 0 Å². The molecule has 0 saturated heterocycles. The number of aromatic nitrogens is 1. The quantitative estimate of drug-likeness (QED) is 0.786. The van der Waals surface area contributed by atoms with Crippen molar-refractivity contribution < 1.29 is 0 Å². The molecule has 0 radical (unpaired) electrons. The van der Waals surface area contributed by atoms with Gasteiger partial charge in [0.15, 0.2) is 0 Å². The van der Waals surface area contributed by atoms with Gasteiger partial charge in [-0.3, -0.25) is 0 Å². The van der Waals surface area contributed by atoms with Crippen LogP contribution in [-0.2, 0) is 0 Å². The van der Waals surface area contributed by atoms with Crippen LogP contribution in [0.1, 0.15) is 20.8 Å². The number of hydrogen-bond donors (Lipinski definition) is 0. The summed E-state index contributed by atoms with van der Waals surface area (Å²) in [6, 6.07) is 16.7. The van der Waals surface area contributed by atoms with Crippen LogP contribution >= 0.6 is 8.58 Å². The van der Waals surface area contributed by atoms with Gasteiger partial charge in [-0.25, -0.2) is 4.98 Å². The Morgan fingerprint density at radius 3 is 2.21 bits per heavy atom. The normalized spacial score (nSPS) is 12.0. The molecule has 0 aliphatic heterocycles. The summed E-state index contributed by atoms with van der Waals surface area (Å²) in [4.78, 5) is 7.06. The Morgan fingerprint density at radius 1 is 0.947 bits per heavy atom. The molecule has 0 amide bonds. The van der Waals surface area contributed by atoms with E-state index in [-0.39, 0.29) is 5.54 Å². The van der Waals surface area contributed by atoms with Gasteiger partial charge in [0.2, 0.25) is 0 Å². The van der Waals surface area contributed by atoms with Crippen LogP contribution in [0, 0.1) is 0 Å². The number of nitrogens with zero attached hydrogens (tertiary/aromatic N) is 2. The Balaban J connectivity index is 2.50. The van der Waals surface area contributed by atoms with Crippen LogP contribution in [0.15, 0.2) is 48.5 Å². The fourth-order valence-electron chi connectivity index (χ4n) is 2.13. The topological polar surface area (TPSA) is 16.1 Å². The summed E-state index contributed by atoms with van der Waals surface area (Å²) in [7, 11) is 0.722. The molecule has 1 atom stereocenters. The molecule has 2 nitrogen and oxygen atoms in total. The van der Waals surface area contributed by atoms with E-state index in [9.17, 15) is 0 Å². The van der Waals surface area contributed by atoms with Crippen LogP contribution in [0.2, 0.25) is 0 Å². The molecule has 19 heavy (non-hydrogen) atoms. The average molecular weight is 272 g/mol. The number of pyridine rings is 1. The molecular weight excluding hydrogens is 251 g/mol. The van der Waals surface area contributed by atoms with Gasteiger partial charge in [-0.05, 0) is 51.7 Å². The summed E-state index contributed by atoms with van der Waals surface area (Å²) in [5.74, 6) is 1.02. The maximum Gasteiger partial charge on any atom is 0.134 e. The van der Waals surface area contributed by atoms with Gasteiger partial charge in [-0.15, -0.1) is 0 Å². The molecule has 100 valence electrons. The summed E-state index contributed by atoms with van der Waals surface area (Å²) in [5, 5.41) is 0. The summed E-state index contributed by atoms with van der Waals surface area (Å²) in [6.07, 6.45) is 0. The first kappa shape index (κ1) is 14.0. The van der Waals surface area contributed by atoms with E-state index in [0.717, 1.165) is 19.8 Å². The van der Waals surface area contributed by atoms with Crippen molar-refractivity contribution in [3.8, 4) is 0 Å². The molecule has 1 heterocycles. The number of rotatable bonds is 3. The Morgan fingerprint density at radius 2 is 1.63 bits per heavy atom. The third-order valence-corrected chi connectivity index (χ3v) is 3.70. The lowest BCUT2D eigenvalue weighted by Gasteiger charge is -2.37. The Bertz CT molecular complexity index is 532. The number of para-hydroxylation sites is 1. The summed E-state index contributed by atoms with van der Waals surface area (Å²) < 4.78 is 0.